The fourth-order valence-corrected chi connectivity index (χ4v) is 2.07. The van der Waals surface area contributed by atoms with Crippen LogP contribution in [0.1, 0.15) is 21.9 Å². The normalized spacial score (nSPS) is 11.4. The van der Waals surface area contributed by atoms with Gasteiger partial charge in [0.15, 0.2) is 3.77 Å². The number of furan rings is 1. The van der Waals surface area contributed by atoms with E-state index in [4.69, 9.17) is 9.68 Å². The largest absolute Gasteiger partial charge is 0.451 e. The summed E-state index contributed by atoms with van der Waals surface area (Å²) in [6, 6.07) is 7.12. The van der Waals surface area contributed by atoms with E-state index in [9.17, 15) is 4.79 Å². The molecule has 0 aliphatic rings. The number of nitriles is 1. The number of aryl methyl sites for hydroxylation is 2. The van der Waals surface area contributed by atoms with Gasteiger partial charge in [-0.1, -0.05) is 0 Å². The number of aromatic nitrogens is 2. The number of nitrogens with zero attached hydrogens (tertiary/aromatic N) is 3. The summed E-state index contributed by atoms with van der Waals surface area (Å²) in [5.74, 6) is 0.00957. The Bertz CT molecular complexity index is 704. The highest BCUT2D eigenvalue weighted by Gasteiger charge is 2.16. The molecule has 2 aromatic heterocycles. The zero-order chi connectivity index (χ0) is 14.0. The molecule has 0 amide bonds. The van der Waals surface area contributed by atoms with Crippen LogP contribution in [0.5, 0.6) is 0 Å². The average Bonchev–Trinajstić information content (AvgIpc) is 2.91. The van der Waals surface area contributed by atoms with Crippen molar-refractivity contribution in [2.45, 2.75) is 13.8 Å². The van der Waals surface area contributed by atoms with Crippen LogP contribution < -0.4 is 0 Å². The van der Waals surface area contributed by atoms with Crippen molar-refractivity contribution < 1.29 is 9.21 Å². The molecule has 5 nitrogen and oxygen atoms in total. The fraction of sp³-hybridized carbons (Fsp3) is 0.154. The number of hydrogen-bond acceptors (Lipinski definition) is 4. The smallest absolute Gasteiger partial charge is 0.289 e. The Labute approximate surface area is 123 Å². The summed E-state index contributed by atoms with van der Waals surface area (Å²) >= 11 is 2.02. The summed E-state index contributed by atoms with van der Waals surface area (Å²) in [7, 11) is 0. The summed E-state index contributed by atoms with van der Waals surface area (Å²) in [6.45, 7) is 3.56. The second-order valence-corrected chi connectivity index (χ2v) is 5.02. The lowest BCUT2D eigenvalue weighted by atomic mass is 10.2. The lowest BCUT2D eigenvalue weighted by molar-refractivity contribution is 0.0943. The molecule has 2 heterocycles. The lowest BCUT2D eigenvalue weighted by Gasteiger charge is -2.00. The first-order valence-electron chi connectivity index (χ1n) is 5.46. The molecule has 6 heteroatoms. The maximum Gasteiger partial charge on any atom is 0.289 e. The molecular formula is C13H10IN3O2. The van der Waals surface area contributed by atoms with Gasteiger partial charge >= 0.3 is 0 Å². The molecule has 0 N–H and O–H groups in total. The van der Waals surface area contributed by atoms with Crippen LogP contribution in [0.25, 0.3) is 6.08 Å². The van der Waals surface area contributed by atoms with Crippen molar-refractivity contribution >= 4 is 34.6 Å². The number of halogens is 1. The van der Waals surface area contributed by atoms with Gasteiger partial charge in [-0.05, 0) is 54.6 Å². The van der Waals surface area contributed by atoms with Crippen LogP contribution in [0, 0.1) is 28.9 Å². The predicted molar refractivity (Wildman–Crippen MR) is 77.3 cm³/mol. The average molecular weight is 367 g/mol. The van der Waals surface area contributed by atoms with E-state index in [1.165, 1.54) is 10.8 Å². The van der Waals surface area contributed by atoms with E-state index in [0.717, 1.165) is 5.69 Å². The van der Waals surface area contributed by atoms with Gasteiger partial charge in [-0.3, -0.25) is 4.79 Å². The fourth-order valence-electron chi connectivity index (χ4n) is 1.64. The van der Waals surface area contributed by atoms with E-state index >= 15 is 0 Å². The monoisotopic (exact) mass is 367 g/mol. The molecule has 0 spiro atoms. The van der Waals surface area contributed by atoms with Crippen molar-refractivity contribution in [2.24, 2.45) is 0 Å². The highest BCUT2D eigenvalue weighted by atomic mass is 127. The molecule has 0 saturated carbocycles. The van der Waals surface area contributed by atoms with Crippen LogP contribution in [0.2, 0.25) is 0 Å². The summed E-state index contributed by atoms with van der Waals surface area (Å²) in [6.07, 6.45) is 1.42. The molecule has 2 aromatic rings. The van der Waals surface area contributed by atoms with Crippen molar-refractivity contribution in [3.05, 3.63) is 44.7 Å². The third-order valence-electron chi connectivity index (χ3n) is 2.43. The predicted octanol–water partition coefficient (Wildman–Crippen LogP) is 2.94. The second-order valence-electron chi connectivity index (χ2n) is 3.96. The Balaban J connectivity index is 2.38. The number of rotatable bonds is 2. The minimum absolute atomic E-state index is 0.0167. The SMILES string of the molecule is Cc1cc(C)n(C(=O)/C(C#N)=C/c2ccc(I)o2)n1. The van der Waals surface area contributed by atoms with Gasteiger partial charge in [0.05, 0.1) is 5.69 Å². The van der Waals surface area contributed by atoms with Crippen LogP contribution in [-0.4, -0.2) is 15.7 Å². The molecule has 96 valence electrons. The Kier molecular flexibility index (Phi) is 3.85. The van der Waals surface area contributed by atoms with Crippen LogP contribution >= 0.6 is 22.6 Å². The van der Waals surface area contributed by atoms with Crippen LogP contribution in [-0.2, 0) is 0 Å². The molecular weight excluding hydrogens is 357 g/mol. The highest BCUT2D eigenvalue weighted by molar-refractivity contribution is 14.1. The second kappa shape index (κ2) is 5.40. The number of carbonyl (C=O) groups excluding carboxylic acids is 1. The number of carbonyl (C=O) groups is 1. The van der Waals surface area contributed by atoms with E-state index in [-0.39, 0.29) is 5.57 Å². The summed E-state index contributed by atoms with van der Waals surface area (Å²) in [5, 5.41) is 13.2. The van der Waals surface area contributed by atoms with E-state index in [1.54, 1.807) is 32.0 Å². The molecule has 2 rings (SSSR count). The third kappa shape index (κ3) is 2.93. The van der Waals surface area contributed by atoms with Crippen LogP contribution in [0.3, 0.4) is 0 Å². The summed E-state index contributed by atoms with van der Waals surface area (Å²) < 4.78 is 7.23. The van der Waals surface area contributed by atoms with Crippen molar-refractivity contribution in [3.8, 4) is 6.07 Å². The molecule has 0 aliphatic carbocycles. The van der Waals surface area contributed by atoms with E-state index in [2.05, 4.69) is 5.10 Å². The van der Waals surface area contributed by atoms with E-state index < -0.39 is 5.91 Å². The van der Waals surface area contributed by atoms with Gasteiger partial charge in [-0.2, -0.15) is 10.4 Å². The van der Waals surface area contributed by atoms with Gasteiger partial charge in [0, 0.05) is 11.8 Å². The maximum atomic E-state index is 12.2. The Morgan fingerprint density at radius 2 is 2.26 bits per heavy atom. The first-order valence-corrected chi connectivity index (χ1v) is 6.54. The molecule has 0 radical (unpaired) electrons. The van der Waals surface area contributed by atoms with Gasteiger partial charge in [0.25, 0.3) is 5.91 Å². The van der Waals surface area contributed by atoms with Gasteiger partial charge in [0.2, 0.25) is 0 Å². The molecule has 0 unspecified atom stereocenters. The highest BCUT2D eigenvalue weighted by Crippen LogP contribution is 2.15. The summed E-state index contributed by atoms with van der Waals surface area (Å²) in [5.41, 5.74) is 1.41. The van der Waals surface area contributed by atoms with Crippen LogP contribution in [0.15, 0.2) is 28.2 Å². The standard InChI is InChI=1S/C13H10IN3O2/c1-8-5-9(2)17(16-8)13(18)10(7-15)6-11-3-4-12(14)19-11/h3-6H,1-2H3/b10-6+. The molecule has 0 fully saturated rings. The molecule has 0 bridgehead atoms. The van der Waals surface area contributed by atoms with Gasteiger partial charge < -0.3 is 4.42 Å². The minimum Gasteiger partial charge on any atom is -0.451 e. The molecule has 0 aliphatic heterocycles. The third-order valence-corrected chi connectivity index (χ3v) is 3.01. The molecule has 19 heavy (non-hydrogen) atoms. The van der Waals surface area contributed by atoms with Crippen molar-refractivity contribution in [2.75, 3.05) is 0 Å². The summed E-state index contributed by atoms with van der Waals surface area (Å²) in [4.78, 5) is 12.2. The molecule has 0 atom stereocenters. The first-order chi connectivity index (χ1) is 9.01. The Hall–Kier alpha value is -1.88. The topological polar surface area (TPSA) is 71.8 Å². The van der Waals surface area contributed by atoms with E-state index in [1.807, 2.05) is 28.7 Å². The molecule has 0 aromatic carbocycles. The van der Waals surface area contributed by atoms with Crippen LogP contribution in [0.4, 0.5) is 0 Å². The Morgan fingerprint density at radius 1 is 1.53 bits per heavy atom. The maximum absolute atomic E-state index is 12.2. The van der Waals surface area contributed by atoms with Gasteiger partial charge in [0.1, 0.15) is 17.4 Å². The number of hydrogen-bond donors (Lipinski definition) is 0. The van der Waals surface area contributed by atoms with E-state index in [0.29, 0.717) is 15.2 Å². The lowest BCUT2D eigenvalue weighted by Crippen LogP contribution is -2.15. The molecule has 0 saturated heterocycles. The first kappa shape index (κ1) is 13.5. The minimum atomic E-state index is -0.459. The van der Waals surface area contributed by atoms with Gasteiger partial charge in [-0.25, -0.2) is 4.68 Å². The van der Waals surface area contributed by atoms with Gasteiger partial charge in [-0.15, -0.1) is 0 Å². The van der Waals surface area contributed by atoms with Crippen molar-refractivity contribution in [3.63, 3.8) is 0 Å². The zero-order valence-corrected chi connectivity index (χ0v) is 12.5. The van der Waals surface area contributed by atoms with Crippen molar-refractivity contribution in [1.82, 2.24) is 9.78 Å². The number of allylic oxidation sites excluding steroid dienone is 1. The van der Waals surface area contributed by atoms with Crippen molar-refractivity contribution in [1.29, 1.82) is 5.26 Å². The Morgan fingerprint density at radius 3 is 2.74 bits per heavy atom. The zero-order valence-electron chi connectivity index (χ0n) is 10.3. The quantitative estimate of drug-likeness (QED) is 0.465.